The molecular formula is C4H6O4S. The van der Waals surface area contributed by atoms with Gasteiger partial charge >= 0.3 is 6.16 Å². The second-order valence-electron chi connectivity index (χ2n) is 1.57. The van der Waals surface area contributed by atoms with Crippen molar-refractivity contribution in [1.82, 2.24) is 0 Å². The Labute approximate surface area is 56.3 Å². The molecule has 1 unspecified atom stereocenters. The van der Waals surface area contributed by atoms with Crippen LogP contribution in [0.1, 0.15) is 0 Å². The molecule has 1 saturated heterocycles. The van der Waals surface area contributed by atoms with Crippen molar-refractivity contribution in [3.8, 4) is 0 Å². The Hall–Kier alpha value is -0.420. The molecule has 0 radical (unpaired) electrons. The second kappa shape index (κ2) is 2.93. The summed E-state index contributed by atoms with van der Waals surface area (Å²) in [4.78, 5) is 9.87. The molecule has 0 aliphatic carbocycles. The molecule has 5 heteroatoms. The molecule has 0 aromatic rings. The summed E-state index contributed by atoms with van der Waals surface area (Å²) < 4.78 is 9.17. The summed E-state index contributed by atoms with van der Waals surface area (Å²) in [6.07, 6.45) is -1.50. The quantitative estimate of drug-likeness (QED) is 0.441. The van der Waals surface area contributed by atoms with Crippen molar-refractivity contribution in [2.75, 3.05) is 12.4 Å². The first-order chi connectivity index (χ1) is 4.29. The minimum absolute atomic E-state index is 0.271. The van der Waals surface area contributed by atoms with Crippen LogP contribution in [0.5, 0.6) is 0 Å². The maximum atomic E-state index is 9.87. The van der Waals surface area contributed by atoms with Crippen LogP contribution in [0.2, 0.25) is 0 Å². The van der Waals surface area contributed by atoms with Crippen LogP contribution >= 0.6 is 12.0 Å². The van der Waals surface area contributed by atoms with Crippen molar-refractivity contribution in [3.05, 3.63) is 0 Å². The van der Waals surface area contributed by atoms with Gasteiger partial charge in [0.15, 0.2) is 0 Å². The number of carbonyl (C=O) groups is 1. The Morgan fingerprint density at radius 1 is 1.89 bits per heavy atom. The van der Waals surface area contributed by atoms with Crippen molar-refractivity contribution >= 4 is 18.2 Å². The van der Waals surface area contributed by atoms with Gasteiger partial charge in [-0.25, -0.2) is 4.79 Å². The van der Waals surface area contributed by atoms with Gasteiger partial charge in [0.2, 0.25) is 0 Å². The summed E-state index contributed by atoms with van der Waals surface area (Å²) in [5.74, 6) is 0.603. The first-order valence-corrected chi connectivity index (χ1v) is 3.34. The highest BCUT2D eigenvalue weighted by Gasteiger charge is 2.20. The van der Waals surface area contributed by atoms with E-state index in [9.17, 15) is 4.79 Å². The lowest BCUT2D eigenvalue weighted by Crippen LogP contribution is -2.18. The van der Waals surface area contributed by atoms with E-state index in [-0.39, 0.29) is 6.10 Å². The summed E-state index contributed by atoms with van der Waals surface area (Å²) in [5.41, 5.74) is 0. The molecule has 0 aromatic heterocycles. The molecule has 1 aliphatic heterocycles. The van der Waals surface area contributed by atoms with E-state index in [1.807, 2.05) is 0 Å². The van der Waals surface area contributed by atoms with Gasteiger partial charge in [0.25, 0.3) is 0 Å². The van der Waals surface area contributed by atoms with Gasteiger partial charge in [0, 0.05) is 0 Å². The number of ether oxygens (including phenoxy) is 1. The molecule has 9 heavy (non-hydrogen) atoms. The van der Waals surface area contributed by atoms with Crippen molar-refractivity contribution in [3.63, 3.8) is 0 Å². The summed E-state index contributed by atoms with van der Waals surface area (Å²) in [7, 11) is 0. The zero-order valence-corrected chi connectivity index (χ0v) is 5.39. The van der Waals surface area contributed by atoms with E-state index in [1.54, 1.807) is 0 Å². The summed E-state index contributed by atoms with van der Waals surface area (Å²) >= 11 is 1.24. The lowest BCUT2D eigenvalue weighted by Gasteiger charge is -2.02. The third-order valence-corrected chi connectivity index (χ3v) is 1.67. The number of carboxylic acid groups (broad SMARTS) is 1. The fourth-order valence-corrected chi connectivity index (χ4v) is 1.17. The molecule has 1 heterocycles. The van der Waals surface area contributed by atoms with Gasteiger partial charge in [-0.1, -0.05) is 0 Å². The van der Waals surface area contributed by atoms with Crippen molar-refractivity contribution in [2.24, 2.45) is 0 Å². The molecule has 4 nitrogen and oxygen atoms in total. The Balaban J connectivity index is 2.19. The van der Waals surface area contributed by atoms with Crippen molar-refractivity contribution in [1.29, 1.82) is 0 Å². The SMILES string of the molecule is O=C(O)OC1COSC1. The van der Waals surface area contributed by atoms with Gasteiger partial charge in [-0.2, -0.15) is 0 Å². The molecule has 0 spiro atoms. The summed E-state index contributed by atoms with van der Waals surface area (Å²) in [6.45, 7) is 0.372. The van der Waals surface area contributed by atoms with Crippen LogP contribution in [0.3, 0.4) is 0 Å². The zero-order valence-electron chi connectivity index (χ0n) is 4.57. The van der Waals surface area contributed by atoms with Crippen LogP contribution in [-0.4, -0.2) is 29.7 Å². The van der Waals surface area contributed by atoms with E-state index in [2.05, 4.69) is 4.74 Å². The molecule has 1 N–H and O–H groups in total. The summed E-state index contributed by atoms with van der Waals surface area (Å²) in [6, 6.07) is 0. The molecule has 1 rings (SSSR count). The van der Waals surface area contributed by atoms with Crippen LogP contribution in [0.4, 0.5) is 4.79 Å². The minimum Gasteiger partial charge on any atom is -0.450 e. The fourth-order valence-electron chi connectivity index (χ4n) is 0.507. The third-order valence-electron chi connectivity index (χ3n) is 0.859. The van der Waals surface area contributed by atoms with E-state index < -0.39 is 6.16 Å². The molecule has 0 bridgehead atoms. The van der Waals surface area contributed by atoms with Crippen LogP contribution in [-0.2, 0) is 8.92 Å². The Kier molecular flexibility index (Phi) is 2.18. The first kappa shape index (κ1) is 6.70. The Morgan fingerprint density at radius 3 is 3.11 bits per heavy atom. The lowest BCUT2D eigenvalue weighted by molar-refractivity contribution is 0.0514. The molecule has 0 amide bonds. The number of hydrogen-bond acceptors (Lipinski definition) is 4. The Morgan fingerprint density at radius 2 is 2.67 bits per heavy atom. The number of rotatable bonds is 1. The van der Waals surface area contributed by atoms with Gasteiger partial charge in [0.05, 0.1) is 12.4 Å². The largest absolute Gasteiger partial charge is 0.506 e. The van der Waals surface area contributed by atoms with Gasteiger partial charge in [0.1, 0.15) is 6.10 Å². The third kappa shape index (κ3) is 2.11. The van der Waals surface area contributed by atoms with Crippen LogP contribution in [0.15, 0.2) is 0 Å². The number of hydrogen-bond donors (Lipinski definition) is 1. The van der Waals surface area contributed by atoms with E-state index in [4.69, 9.17) is 9.29 Å². The predicted molar refractivity (Wildman–Crippen MR) is 31.3 cm³/mol. The lowest BCUT2D eigenvalue weighted by atomic mass is 10.4. The van der Waals surface area contributed by atoms with Crippen molar-refractivity contribution < 1.29 is 18.8 Å². The monoisotopic (exact) mass is 150 g/mol. The Bertz CT molecular complexity index is 109. The smallest absolute Gasteiger partial charge is 0.450 e. The van der Waals surface area contributed by atoms with Gasteiger partial charge in [-0.15, -0.1) is 0 Å². The molecule has 1 fully saturated rings. The van der Waals surface area contributed by atoms with E-state index >= 15 is 0 Å². The van der Waals surface area contributed by atoms with E-state index in [0.717, 1.165) is 0 Å². The minimum atomic E-state index is -1.23. The topological polar surface area (TPSA) is 55.8 Å². The normalized spacial score (nSPS) is 26.0. The molecule has 1 aliphatic rings. The van der Waals surface area contributed by atoms with Crippen LogP contribution in [0.25, 0.3) is 0 Å². The standard InChI is InChI=1S/C4H6O4S/c5-4(6)8-3-1-7-9-2-3/h3H,1-2H2,(H,5,6). The van der Waals surface area contributed by atoms with Crippen molar-refractivity contribution in [2.45, 2.75) is 6.10 Å². The van der Waals surface area contributed by atoms with Gasteiger partial charge < -0.3 is 14.0 Å². The second-order valence-corrected chi connectivity index (χ2v) is 2.38. The maximum Gasteiger partial charge on any atom is 0.506 e. The van der Waals surface area contributed by atoms with E-state index in [1.165, 1.54) is 12.0 Å². The van der Waals surface area contributed by atoms with Gasteiger partial charge in [-0.05, 0) is 12.0 Å². The predicted octanol–water partition coefficient (Wildman–Crippen LogP) is 0.728. The van der Waals surface area contributed by atoms with Crippen LogP contribution < -0.4 is 0 Å². The molecule has 1 atom stereocenters. The first-order valence-electron chi connectivity index (χ1n) is 2.43. The molecule has 52 valence electrons. The molecule has 0 saturated carbocycles. The molecule has 0 aromatic carbocycles. The highest BCUT2D eigenvalue weighted by molar-refractivity contribution is 7.94. The van der Waals surface area contributed by atoms with Gasteiger partial charge in [-0.3, -0.25) is 0 Å². The average Bonchev–Trinajstić information content (AvgIpc) is 2.15. The highest BCUT2D eigenvalue weighted by Crippen LogP contribution is 2.16. The zero-order chi connectivity index (χ0) is 6.69. The average molecular weight is 150 g/mol. The fraction of sp³-hybridized carbons (Fsp3) is 0.750. The maximum absolute atomic E-state index is 9.87. The van der Waals surface area contributed by atoms with E-state index in [0.29, 0.717) is 12.4 Å². The molecular weight excluding hydrogens is 144 g/mol. The van der Waals surface area contributed by atoms with Crippen LogP contribution in [0, 0.1) is 0 Å². The highest BCUT2D eigenvalue weighted by atomic mass is 32.2. The summed E-state index contributed by atoms with van der Waals surface area (Å²) in [5, 5.41) is 8.09.